The Morgan fingerprint density at radius 3 is 2.29 bits per heavy atom. The summed E-state index contributed by atoms with van der Waals surface area (Å²) < 4.78 is 10.5. The second-order valence-electron chi connectivity index (χ2n) is 3.97. The molecule has 0 aliphatic rings. The van der Waals surface area contributed by atoms with Crippen LogP contribution >= 0.6 is 0 Å². The quantitative estimate of drug-likeness (QED) is 0.412. The van der Waals surface area contributed by atoms with E-state index in [0.29, 0.717) is 5.75 Å². The van der Waals surface area contributed by atoms with Crippen molar-refractivity contribution in [2.45, 2.75) is 39.5 Å². The van der Waals surface area contributed by atoms with E-state index in [1.807, 2.05) is 12.1 Å². The normalized spacial score (nSPS) is 10.0. The van der Waals surface area contributed by atoms with Gasteiger partial charge in [0.25, 0.3) is 0 Å². The second kappa shape index (κ2) is 7.71. The maximum atomic E-state index is 10.7. The molecule has 0 aromatic heterocycles. The molecule has 0 fully saturated rings. The molecule has 0 saturated carbocycles. The maximum Gasteiger partial charge on any atom is 0.308 e. The van der Waals surface area contributed by atoms with Gasteiger partial charge in [-0.2, -0.15) is 0 Å². The molecule has 1 aromatic rings. The van der Waals surface area contributed by atoms with E-state index in [-0.39, 0.29) is 5.97 Å². The number of hydrogen-bond donors (Lipinski definition) is 0. The van der Waals surface area contributed by atoms with E-state index in [9.17, 15) is 4.79 Å². The zero-order valence-corrected chi connectivity index (χ0v) is 10.6. The van der Waals surface area contributed by atoms with Gasteiger partial charge in [0.2, 0.25) is 0 Å². The zero-order valence-electron chi connectivity index (χ0n) is 10.6. The molecule has 0 amide bonds. The van der Waals surface area contributed by atoms with E-state index < -0.39 is 0 Å². The first kappa shape index (κ1) is 13.6. The molecule has 3 nitrogen and oxygen atoms in total. The minimum atomic E-state index is -0.307. The highest BCUT2D eigenvalue weighted by molar-refractivity contribution is 5.69. The molecule has 17 heavy (non-hydrogen) atoms. The minimum Gasteiger partial charge on any atom is -0.494 e. The molecule has 0 atom stereocenters. The van der Waals surface area contributed by atoms with E-state index in [4.69, 9.17) is 9.47 Å². The number of esters is 1. The highest BCUT2D eigenvalue weighted by atomic mass is 16.5. The van der Waals surface area contributed by atoms with E-state index in [2.05, 4.69) is 6.92 Å². The van der Waals surface area contributed by atoms with E-state index in [1.54, 1.807) is 12.1 Å². The van der Waals surface area contributed by atoms with Gasteiger partial charge in [-0.05, 0) is 30.7 Å². The molecule has 94 valence electrons. The fraction of sp³-hybridized carbons (Fsp3) is 0.500. The molecular formula is C14H20O3. The van der Waals surface area contributed by atoms with Crippen molar-refractivity contribution in [1.82, 2.24) is 0 Å². The molecule has 0 saturated heterocycles. The van der Waals surface area contributed by atoms with Crippen LogP contribution in [0.2, 0.25) is 0 Å². The Kier molecular flexibility index (Phi) is 6.15. The number of carbonyl (C=O) groups excluding carboxylic acids is 1. The lowest BCUT2D eigenvalue weighted by Gasteiger charge is -2.06. The van der Waals surface area contributed by atoms with Crippen LogP contribution in [-0.2, 0) is 4.79 Å². The van der Waals surface area contributed by atoms with Crippen molar-refractivity contribution >= 4 is 5.97 Å². The molecular weight excluding hydrogens is 216 g/mol. The zero-order chi connectivity index (χ0) is 12.5. The van der Waals surface area contributed by atoms with E-state index >= 15 is 0 Å². The lowest BCUT2D eigenvalue weighted by molar-refractivity contribution is -0.131. The molecule has 0 aliphatic carbocycles. The van der Waals surface area contributed by atoms with Gasteiger partial charge in [0.05, 0.1) is 6.61 Å². The van der Waals surface area contributed by atoms with Crippen LogP contribution in [0.4, 0.5) is 0 Å². The van der Waals surface area contributed by atoms with Gasteiger partial charge in [-0.25, -0.2) is 0 Å². The Bertz CT molecular complexity index is 330. The van der Waals surface area contributed by atoms with Gasteiger partial charge in [0, 0.05) is 6.92 Å². The molecule has 3 heteroatoms. The first-order valence-corrected chi connectivity index (χ1v) is 6.13. The largest absolute Gasteiger partial charge is 0.494 e. The van der Waals surface area contributed by atoms with Crippen molar-refractivity contribution in [2.75, 3.05) is 6.61 Å². The summed E-state index contributed by atoms with van der Waals surface area (Å²) in [7, 11) is 0. The predicted octanol–water partition coefficient (Wildman–Crippen LogP) is 3.57. The maximum absolute atomic E-state index is 10.7. The fourth-order valence-corrected chi connectivity index (χ4v) is 1.49. The predicted molar refractivity (Wildman–Crippen MR) is 67.4 cm³/mol. The van der Waals surface area contributed by atoms with Crippen LogP contribution in [0.15, 0.2) is 24.3 Å². The van der Waals surface area contributed by atoms with Crippen LogP contribution in [0.25, 0.3) is 0 Å². The monoisotopic (exact) mass is 236 g/mol. The molecule has 0 bridgehead atoms. The summed E-state index contributed by atoms with van der Waals surface area (Å²) in [5, 5.41) is 0. The molecule has 0 unspecified atom stereocenters. The summed E-state index contributed by atoms with van der Waals surface area (Å²) in [6.45, 7) is 4.32. The number of carbonyl (C=O) groups is 1. The second-order valence-corrected chi connectivity index (χ2v) is 3.97. The van der Waals surface area contributed by atoms with Crippen molar-refractivity contribution < 1.29 is 14.3 Å². The average molecular weight is 236 g/mol. The fourth-order valence-electron chi connectivity index (χ4n) is 1.49. The summed E-state index contributed by atoms with van der Waals surface area (Å²) in [5.74, 6) is 1.06. The third kappa shape index (κ3) is 5.95. The summed E-state index contributed by atoms with van der Waals surface area (Å²) in [6.07, 6.45) is 4.79. The molecule has 0 spiro atoms. The summed E-state index contributed by atoms with van der Waals surface area (Å²) >= 11 is 0. The average Bonchev–Trinajstić information content (AvgIpc) is 2.30. The van der Waals surface area contributed by atoms with Crippen LogP contribution in [0, 0.1) is 0 Å². The van der Waals surface area contributed by atoms with Gasteiger partial charge in [-0.1, -0.05) is 26.2 Å². The van der Waals surface area contributed by atoms with Crippen LogP contribution in [0.1, 0.15) is 39.5 Å². The summed E-state index contributed by atoms with van der Waals surface area (Å²) in [4.78, 5) is 10.7. The van der Waals surface area contributed by atoms with Gasteiger partial charge in [-0.15, -0.1) is 0 Å². The highest BCUT2D eigenvalue weighted by Gasteiger charge is 1.98. The molecule has 0 N–H and O–H groups in total. The van der Waals surface area contributed by atoms with Crippen molar-refractivity contribution in [3.05, 3.63) is 24.3 Å². The van der Waals surface area contributed by atoms with Gasteiger partial charge in [0.1, 0.15) is 11.5 Å². The first-order valence-electron chi connectivity index (χ1n) is 6.13. The van der Waals surface area contributed by atoms with E-state index in [1.165, 1.54) is 26.2 Å². The molecule has 1 aromatic carbocycles. The van der Waals surface area contributed by atoms with Crippen LogP contribution in [-0.4, -0.2) is 12.6 Å². The number of hydrogen-bond acceptors (Lipinski definition) is 3. The SMILES string of the molecule is CCCCCCOc1ccc(OC(C)=O)cc1. The molecule has 0 heterocycles. The van der Waals surface area contributed by atoms with Gasteiger partial charge in [0.15, 0.2) is 0 Å². The molecule has 0 aliphatic heterocycles. The topological polar surface area (TPSA) is 35.5 Å². The Morgan fingerprint density at radius 2 is 1.71 bits per heavy atom. The van der Waals surface area contributed by atoms with Crippen molar-refractivity contribution in [3.63, 3.8) is 0 Å². The van der Waals surface area contributed by atoms with Crippen LogP contribution in [0.5, 0.6) is 11.5 Å². The van der Waals surface area contributed by atoms with Crippen LogP contribution < -0.4 is 9.47 Å². The number of benzene rings is 1. The van der Waals surface area contributed by atoms with Crippen LogP contribution in [0.3, 0.4) is 0 Å². The van der Waals surface area contributed by atoms with Gasteiger partial charge in [-0.3, -0.25) is 4.79 Å². The number of ether oxygens (including phenoxy) is 2. The van der Waals surface area contributed by atoms with Crippen molar-refractivity contribution in [3.8, 4) is 11.5 Å². The lowest BCUT2D eigenvalue weighted by atomic mass is 10.2. The Balaban J connectivity index is 2.28. The summed E-state index contributed by atoms with van der Waals surface area (Å²) in [6, 6.07) is 7.11. The number of unbranched alkanes of at least 4 members (excludes halogenated alkanes) is 3. The highest BCUT2D eigenvalue weighted by Crippen LogP contribution is 2.18. The smallest absolute Gasteiger partial charge is 0.308 e. The Morgan fingerprint density at radius 1 is 1.06 bits per heavy atom. The summed E-state index contributed by atoms with van der Waals surface area (Å²) in [5.41, 5.74) is 0. The third-order valence-electron chi connectivity index (χ3n) is 2.35. The Labute approximate surface area is 103 Å². The standard InChI is InChI=1S/C14H20O3/c1-3-4-5-6-11-16-13-7-9-14(10-8-13)17-12(2)15/h7-10H,3-6,11H2,1-2H3. The van der Waals surface area contributed by atoms with Gasteiger partial charge >= 0.3 is 5.97 Å². The van der Waals surface area contributed by atoms with E-state index in [0.717, 1.165) is 18.8 Å². The molecule has 0 radical (unpaired) electrons. The number of rotatable bonds is 7. The lowest BCUT2D eigenvalue weighted by Crippen LogP contribution is -2.01. The molecule has 1 rings (SSSR count). The Hall–Kier alpha value is -1.51. The third-order valence-corrected chi connectivity index (χ3v) is 2.35. The van der Waals surface area contributed by atoms with Crippen molar-refractivity contribution in [1.29, 1.82) is 0 Å². The van der Waals surface area contributed by atoms with Gasteiger partial charge < -0.3 is 9.47 Å². The first-order chi connectivity index (χ1) is 8.22. The van der Waals surface area contributed by atoms with Crippen molar-refractivity contribution in [2.24, 2.45) is 0 Å². The minimum absolute atomic E-state index is 0.307.